The molecule has 0 saturated carbocycles. The fourth-order valence-electron chi connectivity index (χ4n) is 2.36. The van der Waals surface area contributed by atoms with E-state index in [1.807, 2.05) is 48.7 Å². The van der Waals surface area contributed by atoms with E-state index in [4.69, 9.17) is 11.6 Å². The van der Waals surface area contributed by atoms with E-state index in [1.54, 1.807) is 12.1 Å². The van der Waals surface area contributed by atoms with Gasteiger partial charge in [-0.1, -0.05) is 35.9 Å². The number of hydrogen-bond donors (Lipinski definition) is 2. The number of benzene rings is 2. The van der Waals surface area contributed by atoms with Crippen LogP contribution >= 0.6 is 22.9 Å². The van der Waals surface area contributed by atoms with Crippen LogP contribution in [0, 0.1) is 6.92 Å². The molecule has 0 aliphatic rings. The van der Waals surface area contributed by atoms with E-state index >= 15 is 0 Å². The first-order chi connectivity index (χ1) is 11.0. The fraction of sp³-hybridized carbons (Fsp3) is 0.0556. The molecular formula is C18H14ClNO2S. The van der Waals surface area contributed by atoms with Gasteiger partial charge in [-0.2, -0.15) is 0 Å². The molecule has 2 aromatic carbocycles. The summed E-state index contributed by atoms with van der Waals surface area (Å²) in [5.74, 6) is -0.952. The molecule has 0 fully saturated rings. The molecule has 0 radical (unpaired) electrons. The van der Waals surface area contributed by atoms with Crippen molar-refractivity contribution in [3.63, 3.8) is 0 Å². The number of aryl methyl sites for hydroxylation is 1. The quantitative estimate of drug-likeness (QED) is 0.627. The van der Waals surface area contributed by atoms with Gasteiger partial charge in [0.15, 0.2) is 0 Å². The molecule has 0 aliphatic carbocycles. The third-order valence-corrected chi connectivity index (χ3v) is 4.58. The van der Waals surface area contributed by atoms with Crippen LogP contribution in [-0.2, 0) is 0 Å². The Kier molecular flexibility index (Phi) is 4.37. The van der Waals surface area contributed by atoms with Crippen molar-refractivity contribution in [2.24, 2.45) is 0 Å². The van der Waals surface area contributed by atoms with Crippen molar-refractivity contribution in [1.82, 2.24) is 0 Å². The normalized spacial score (nSPS) is 10.5. The second-order valence-electron chi connectivity index (χ2n) is 5.16. The first-order valence-electron chi connectivity index (χ1n) is 6.99. The minimum atomic E-state index is -0.952. The summed E-state index contributed by atoms with van der Waals surface area (Å²) < 4.78 is 0. The number of carboxylic acids is 1. The van der Waals surface area contributed by atoms with Crippen LogP contribution in [0.25, 0.3) is 11.1 Å². The predicted molar refractivity (Wildman–Crippen MR) is 96.2 cm³/mol. The Labute approximate surface area is 143 Å². The molecule has 116 valence electrons. The Balaban J connectivity index is 2.02. The van der Waals surface area contributed by atoms with Gasteiger partial charge in [0.05, 0.1) is 0 Å². The number of carboxylic acid groups (broad SMARTS) is 1. The lowest BCUT2D eigenvalue weighted by atomic mass is 10.0. The number of anilines is 2. The molecule has 0 aliphatic heterocycles. The monoisotopic (exact) mass is 343 g/mol. The highest BCUT2D eigenvalue weighted by Crippen LogP contribution is 2.37. The van der Waals surface area contributed by atoms with Crippen molar-refractivity contribution in [3.8, 4) is 11.1 Å². The van der Waals surface area contributed by atoms with Gasteiger partial charge in [-0.3, -0.25) is 0 Å². The molecule has 0 bridgehead atoms. The molecule has 5 heteroatoms. The largest absolute Gasteiger partial charge is 0.478 e. The SMILES string of the molecule is Cc1cccc(Nc2scc(-c3ccc(Cl)cc3)c2C(=O)O)c1. The highest BCUT2D eigenvalue weighted by atomic mass is 35.5. The van der Waals surface area contributed by atoms with E-state index in [1.165, 1.54) is 11.3 Å². The molecule has 3 rings (SSSR count). The van der Waals surface area contributed by atoms with Gasteiger partial charge in [0.2, 0.25) is 0 Å². The maximum Gasteiger partial charge on any atom is 0.339 e. The smallest absolute Gasteiger partial charge is 0.339 e. The second kappa shape index (κ2) is 6.44. The highest BCUT2D eigenvalue weighted by Gasteiger charge is 2.19. The first kappa shape index (κ1) is 15.6. The topological polar surface area (TPSA) is 49.3 Å². The van der Waals surface area contributed by atoms with Gasteiger partial charge >= 0.3 is 5.97 Å². The lowest BCUT2D eigenvalue weighted by Crippen LogP contribution is -2.01. The van der Waals surface area contributed by atoms with Crippen LogP contribution in [-0.4, -0.2) is 11.1 Å². The number of halogens is 1. The molecule has 0 atom stereocenters. The number of thiophene rings is 1. The molecule has 1 aromatic heterocycles. The van der Waals surface area contributed by atoms with E-state index in [2.05, 4.69) is 5.32 Å². The lowest BCUT2D eigenvalue weighted by Gasteiger charge is -2.07. The van der Waals surface area contributed by atoms with Crippen LogP contribution in [0.3, 0.4) is 0 Å². The predicted octanol–water partition coefficient (Wildman–Crippen LogP) is 5.82. The Bertz CT molecular complexity index is 856. The van der Waals surface area contributed by atoms with Crippen LogP contribution in [0.5, 0.6) is 0 Å². The zero-order valence-electron chi connectivity index (χ0n) is 12.3. The van der Waals surface area contributed by atoms with Gasteiger partial charge in [0, 0.05) is 21.7 Å². The summed E-state index contributed by atoms with van der Waals surface area (Å²) in [5, 5.41) is 15.9. The minimum Gasteiger partial charge on any atom is -0.478 e. The maximum atomic E-state index is 11.7. The molecule has 0 unspecified atom stereocenters. The Hall–Kier alpha value is -2.30. The number of carbonyl (C=O) groups is 1. The molecule has 2 N–H and O–H groups in total. The van der Waals surface area contributed by atoms with Crippen molar-refractivity contribution < 1.29 is 9.90 Å². The second-order valence-corrected chi connectivity index (χ2v) is 6.48. The van der Waals surface area contributed by atoms with Crippen LogP contribution < -0.4 is 5.32 Å². The average Bonchev–Trinajstić information content (AvgIpc) is 2.92. The zero-order chi connectivity index (χ0) is 16.4. The van der Waals surface area contributed by atoms with E-state index in [-0.39, 0.29) is 5.56 Å². The van der Waals surface area contributed by atoms with Crippen LogP contribution in [0.4, 0.5) is 10.7 Å². The Morgan fingerprint density at radius 3 is 2.57 bits per heavy atom. The van der Waals surface area contributed by atoms with Crippen molar-refractivity contribution >= 4 is 39.6 Å². The zero-order valence-corrected chi connectivity index (χ0v) is 13.9. The van der Waals surface area contributed by atoms with E-state index in [0.717, 1.165) is 16.8 Å². The molecule has 3 nitrogen and oxygen atoms in total. The standard InChI is InChI=1S/C18H14ClNO2S/c1-11-3-2-4-14(9-11)20-17-16(18(21)22)15(10-23-17)12-5-7-13(19)8-6-12/h2-10,20H,1H3,(H,21,22). The van der Waals surface area contributed by atoms with Crippen molar-refractivity contribution in [1.29, 1.82) is 0 Å². The van der Waals surface area contributed by atoms with Gasteiger partial charge in [-0.05, 0) is 42.3 Å². The fourth-order valence-corrected chi connectivity index (χ4v) is 3.47. The molecule has 23 heavy (non-hydrogen) atoms. The molecule has 0 saturated heterocycles. The maximum absolute atomic E-state index is 11.7. The van der Waals surface area contributed by atoms with Gasteiger partial charge in [0.25, 0.3) is 0 Å². The Morgan fingerprint density at radius 1 is 1.17 bits per heavy atom. The minimum absolute atomic E-state index is 0.277. The summed E-state index contributed by atoms with van der Waals surface area (Å²) in [7, 11) is 0. The molecular weight excluding hydrogens is 330 g/mol. The number of hydrogen-bond acceptors (Lipinski definition) is 3. The molecule has 0 spiro atoms. The Morgan fingerprint density at radius 2 is 1.91 bits per heavy atom. The first-order valence-corrected chi connectivity index (χ1v) is 8.25. The van der Waals surface area contributed by atoms with Gasteiger partial charge < -0.3 is 10.4 Å². The third-order valence-electron chi connectivity index (χ3n) is 3.44. The molecule has 0 amide bonds. The van der Waals surface area contributed by atoms with Crippen molar-refractivity contribution in [2.45, 2.75) is 6.92 Å². The highest BCUT2D eigenvalue weighted by molar-refractivity contribution is 7.15. The average molecular weight is 344 g/mol. The summed E-state index contributed by atoms with van der Waals surface area (Å²) in [6, 6.07) is 15.0. The van der Waals surface area contributed by atoms with Crippen LogP contribution in [0.2, 0.25) is 5.02 Å². The van der Waals surface area contributed by atoms with E-state index in [0.29, 0.717) is 15.6 Å². The van der Waals surface area contributed by atoms with Crippen LogP contribution in [0.15, 0.2) is 53.9 Å². The summed E-state index contributed by atoms with van der Waals surface area (Å²) in [6.07, 6.45) is 0. The third kappa shape index (κ3) is 3.38. The lowest BCUT2D eigenvalue weighted by molar-refractivity contribution is 0.0699. The van der Waals surface area contributed by atoms with Gasteiger partial charge in [-0.25, -0.2) is 4.79 Å². The molecule has 3 aromatic rings. The molecule has 1 heterocycles. The number of aromatic carboxylic acids is 1. The summed E-state index contributed by atoms with van der Waals surface area (Å²) >= 11 is 7.28. The number of nitrogens with one attached hydrogen (secondary N) is 1. The van der Waals surface area contributed by atoms with E-state index in [9.17, 15) is 9.90 Å². The van der Waals surface area contributed by atoms with Crippen molar-refractivity contribution in [2.75, 3.05) is 5.32 Å². The summed E-state index contributed by atoms with van der Waals surface area (Å²) in [6.45, 7) is 2.00. The van der Waals surface area contributed by atoms with Crippen LogP contribution in [0.1, 0.15) is 15.9 Å². The van der Waals surface area contributed by atoms with Crippen molar-refractivity contribution in [3.05, 3.63) is 70.1 Å². The van der Waals surface area contributed by atoms with E-state index < -0.39 is 5.97 Å². The van der Waals surface area contributed by atoms with Gasteiger partial charge in [0.1, 0.15) is 10.6 Å². The summed E-state index contributed by atoms with van der Waals surface area (Å²) in [5.41, 5.74) is 3.78. The van der Waals surface area contributed by atoms with Gasteiger partial charge in [-0.15, -0.1) is 11.3 Å². The number of rotatable bonds is 4. The summed E-state index contributed by atoms with van der Waals surface area (Å²) in [4.78, 5) is 11.7.